The lowest BCUT2D eigenvalue weighted by Crippen LogP contribution is -2.30. The van der Waals surface area contributed by atoms with Gasteiger partial charge < -0.3 is 10.8 Å². The van der Waals surface area contributed by atoms with E-state index in [-0.39, 0.29) is 5.82 Å². The van der Waals surface area contributed by atoms with Crippen molar-refractivity contribution in [3.05, 3.63) is 59.5 Å². The third-order valence-electron chi connectivity index (χ3n) is 4.48. The summed E-state index contributed by atoms with van der Waals surface area (Å²) in [7, 11) is 0. The Labute approximate surface area is 135 Å². The Bertz CT molecular complexity index is 647. The number of aliphatic hydroxyl groups is 1. The second-order valence-corrected chi connectivity index (χ2v) is 6.16. The highest BCUT2D eigenvalue weighted by Crippen LogP contribution is 2.28. The molecule has 1 aromatic heterocycles. The average molecular weight is 315 g/mol. The molecule has 0 aliphatic carbocycles. The number of aromatic nitrogens is 1. The fraction of sp³-hybridized carbons (Fsp3) is 0.389. The summed E-state index contributed by atoms with van der Waals surface area (Å²) in [5.74, 6) is 0.253. The van der Waals surface area contributed by atoms with E-state index in [2.05, 4.69) is 9.88 Å². The van der Waals surface area contributed by atoms with Crippen LogP contribution in [0.15, 0.2) is 42.6 Å². The molecule has 122 valence electrons. The Morgan fingerprint density at radius 3 is 2.83 bits per heavy atom. The largest absolute Gasteiger partial charge is 0.388 e. The van der Waals surface area contributed by atoms with Gasteiger partial charge in [0.1, 0.15) is 11.6 Å². The van der Waals surface area contributed by atoms with Crippen molar-refractivity contribution in [2.75, 3.05) is 12.3 Å². The molecule has 0 radical (unpaired) electrons. The predicted molar refractivity (Wildman–Crippen MR) is 88.1 cm³/mol. The van der Waals surface area contributed by atoms with Crippen LogP contribution in [-0.4, -0.2) is 27.6 Å². The molecular formula is C18H22FN3O. The van der Waals surface area contributed by atoms with Crippen LogP contribution < -0.4 is 5.73 Å². The van der Waals surface area contributed by atoms with E-state index in [1.165, 1.54) is 12.1 Å². The molecule has 1 aliphatic rings. The van der Waals surface area contributed by atoms with Gasteiger partial charge in [-0.05, 0) is 61.2 Å². The fourth-order valence-electron chi connectivity index (χ4n) is 3.28. The van der Waals surface area contributed by atoms with Crippen LogP contribution in [0.5, 0.6) is 0 Å². The van der Waals surface area contributed by atoms with Gasteiger partial charge in [-0.25, -0.2) is 9.37 Å². The molecule has 2 atom stereocenters. The summed E-state index contributed by atoms with van der Waals surface area (Å²) < 4.78 is 13.0. The summed E-state index contributed by atoms with van der Waals surface area (Å²) in [5, 5.41) is 10.4. The fourth-order valence-corrected chi connectivity index (χ4v) is 3.28. The smallest absolute Gasteiger partial charge is 0.123 e. The van der Waals surface area contributed by atoms with E-state index in [1.54, 1.807) is 18.3 Å². The first-order valence-electron chi connectivity index (χ1n) is 8.00. The molecule has 4 nitrogen and oxygen atoms in total. The maximum atomic E-state index is 13.0. The van der Waals surface area contributed by atoms with Gasteiger partial charge in [0.25, 0.3) is 0 Å². The molecule has 1 aliphatic heterocycles. The van der Waals surface area contributed by atoms with Crippen molar-refractivity contribution >= 4 is 5.82 Å². The SMILES string of the molecule is Nc1cc(CN2CCCC2CC(O)c2ccc(F)cc2)ccn1. The number of nitrogen functional groups attached to an aromatic ring is 1. The van der Waals surface area contributed by atoms with Crippen molar-refractivity contribution in [2.24, 2.45) is 0 Å². The van der Waals surface area contributed by atoms with Gasteiger partial charge in [0.2, 0.25) is 0 Å². The van der Waals surface area contributed by atoms with E-state index < -0.39 is 6.10 Å². The van der Waals surface area contributed by atoms with E-state index in [0.29, 0.717) is 18.3 Å². The maximum absolute atomic E-state index is 13.0. The van der Waals surface area contributed by atoms with Crippen molar-refractivity contribution < 1.29 is 9.50 Å². The lowest BCUT2D eigenvalue weighted by molar-refractivity contribution is 0.118. The van der Waals surface area contributed by atoms with Crippen LogP contribution in [0.1, 0.15) is 36.5 Å². The molecule has 3 N–H and O–H groups in total. The van der Waals surface area contributed by atoms with Crippen LogP contribution in [0.3, 0.4) is 0 Å². The number of halogens is 1. The van der Waals surface area contributed by atoms with Crippen molar-refractivity contribution in [1.29, 1.82) is 0 Å². The minimum Gasteiger partial charge on any atom is -0.388 e. The molecule has 0 bridgehead atoms. The molecule has 23 heavy (non-hydrogen) atoms. The Morgan fingerprint density at radius 1 is 1.30 bits per heavy atom. The first-order chi connectivity index (χ1) is 11.1. The van der Waals surface area contributed by atoms with Crippen LogP contribution in [0.4, 0.5) is 10.2 Å². The number of pyridine rings is 1. The lowest BCUT2D eigenvalue weighted by atomic mass is 10.0. The second-order valence-electron chi connectivity index (χ2n) is 6.16. The van der Waals surface area contributed by atoms with Gasteiger partial charge in [0.05, 0.1) is 6.10 Å². The monoisotopic (exact) mass is 315 g/mol. The van der Waals surface area contributed by atoms with E-state index in [9.17, 15) is 9.50 Å². The summed E-state index contributed by atoms with van der Waals surface area (Å²) in [6.45, 7) is 1.83. The lowest BCUT2D eigenvalue weighted by Gasteiger charge is -2.26. The molecular weight excluding hydrogens is 293 g/mol. The molecule has 1 aromatic carbocycles. The zero-order valence-corrected chi connectivity index (χ0v) is 13.0. The van der Waals surface area contributed by atoms with E-state index in [0.717, 1.165) is 37.1 Å². The summed E-state index contributed by atoms with van der Waals surface area (Å²) in [4.78, 5) is 6.39. The Balaban J connectivity index is 1.63. The first-order valence-corrected chi connectivity index (χ1v) is 8.00. The number of likely N-dealkylation sites (tertiary alicyclic amines) is 1. The summed E-state index contributed by atoms with van der Waals surface area (Å²) in [6, 6.07) is 10.3. The minimum atomic E-state index is -0.566. The number of anilines is 1. The number of nitrogens with zero attached hydrogens (tertiary/aromatic N) is 2. The van der Waals surface area contributed by atoms with Crippen molar-refractivity contribution in [2.45, 2.75) is 38.0 Å². The highest BCUT2D eigenvalue weighted by molar-refractivity contribution is 5.31. The van der Waals surface area contributed by atoms with Crippen LogP contribution in [0.2, 0.25) is 0 Å². The quantitative estimate of drug-likeness (QED) is 0.890. The highest BCUT2D eigenvalue weighted by Gasteiger charge is 2.27. The Kier molecular flexibility index (Phi) is 4.88. The molecule has 1 saturated heterocycles. The minimum absolute atomic E-state index is 0.279. The Morgan fingerprint density at radius 2 is 2.09 bits per heavy atom. The van der Waals surface area contributed by atoms with Crippen molar-refractivity contribution in [3.63, 3.8) is 0 Å². The number of nitrogens with two attached hydrogens (primary N) is 1. The van der Waals surface area contributed by atoms with E-state index in [1.807, 2.05) is 12.1 Å². The molecule has 0 saturated carbocycles. The molecule has 2 heterocycles. The molecule has 1 fully saturated rings. The van der Waals surface area contributed by atoms with Gasteiger partial charge in [-0.2, -0.15) is 0 Å². The Hall–Kier alpha value is -1.98. The predicted octanol–water partition coefficient (Wildman–Crippen LogP) is 2.89. The molecule has 3 rings (SSSR count). The summed E-state index contributed by atoms with van der Waals surface area (Å²) in [6.07, 6.45) is 4.01. The standard InChI is InChI=1S/C18H22FN3O/c19-15-5-3-14(4-6-15)17(23)11-16-2-1-9-22(16)12-13-7-8-21-18(20)10-13/h3-8,10,16-17,23H,1-2,9,11-12H2,(H2,20,21). The summed E-state index contributed by atoms with van der Waals surface area (Å²) in [5.41, 5.74) is 7.65. The number of benzene rings is 1. The maximum Gasteiger partial charge on any atom is 0.123 e. The van der Waals surface area contributed by atoms with Gasteiger partial charge in [-0.1, -0.05) is 12.1 Å². The van der Waals surface area contributed by atoms with Gasteiger partial charge in [-0.3, -0.25) is 4.90 Å². The number of hydrogen-bond acceptors (Lipinski definition) is 4. The van der Waals surface area contributed by atoms with Crippen LogP contribution >= 0.6 is 0 Å². The molecule has 0 spiro atoms. The van der Waals surface area contributed by atoms with Crippen LogP contribution in [0, 0.1) is 5.82 Å². The molecule has 5 heteroatoms. The zero-order chi connectivity index (χ0) is 16.2. The van der Waals surface area contributed by atoms with Crippen LogP contribution in [-0.2, 0) is 6.54 Å². The van der Waals surface area contributed by atoms with Gasteiger partial charge in [-0.15, -0.1) is 0 Å². The van der Waals surface area contributed by atoms with Crippen LogP contribution in [0.25, 0.3) is 0 Å². The second kappa shape index (κ2) is 7.06. The van der Waals surface area contributed by atoms with Gasteiger partial charge >= 0.3 is 0 Å². The van der Waals surface area contributed by atoms with Crippen molar-refractivity contribution in [3.8, 4) is 0 Å². The number of rotatable bonds is 5. The normalized spacial score (nSPS) is 19.8. The molecule has 0 amide bonds. The highest BCUT2D eigenvalue weighted by atomic mass is 19.1. The van der Waals surface area contributed by atoms with Gasteiger partial charge in [0.15, 0.2) is 0 Å². The number of hydrogen-bond donors (Lipinski definition) is 2. The topological polar surface area (TPSA) is 62.4 Å². The number of aliphatic hydroxyl groups excluding tert-OH is 1. The van der Waals surface area contributed by atoms with E-state index >= 15 is 0 Å². The molecule has 2 unspecified atom stereocenters. The third kappa shape index (κ3) is 4.06. The first kappa shape index (κ1) is 15.9. The van der Waals surface area contributed by atoms with Gasteiger partial charge in [0, 0.05) is 18.8 Å². The molecule has 2 aromatic rings. The van der Waals surface area contributed by atoms with E-state index in [4.69, 9.17) is 5.73 Å². The third-order valence-corrected chi connectivity index (χ3v) is 4.48. The average Bonchev–Trinajstić information content (AvgIpc) is 2.95. The zero-order valence-electron chi connectivity index (χ0n) is 13.0. The summed E-state index contributed by atoms with van der Waals surface area (Å²) >= 11 is 0. The van der Waals surface area contributed by atoms with Crippen molar-refractivity contribution in [1.82, 2.24) is 9.88 Å².